The first-order valence-corrected chi connectivity index (χ1v) is 23.7. The predicted octanol–water partition coefficient (Wildman–Crippen LogP) is 19.2. The zero-order valence-electron chi connectivity index (χ0n) is 37.1. The maximum Gasteiger partial charge on any atom is -0.000807 e. The molecule has 0 amide bonds. The van der Waals surface area contributed by atoms with E-state index in [9.17, 15) is 0 Å². The number of rotatable bonds is 5. The third kappa shape index (κ3) is 5.26. The molecule has 0 heterocycles. The van der Waals surface area contributed by atoms with Crippen molar-refractivity contribution in [3.63, 3.8) is 0 Å². The zero-order valence-corrected chi connectivity index (χ0v) is 37.1. The first-order valence-electron chi connectivity index (χ1n) is 23.7. The Hall–Kier alpha value is -8.84. The fourth-order valence-corrected chi connectivity index (χ4v) is 12.3. The Kier molecular flexibility index (Phi) is 7.88. The summed E-state index contributed by atoms with van der Waals surface area (Å²) >= 11 is 0. The average Bonchev–Trinajstić information content (AvgIpc) is 3.71. The quantitative estimate of drug-likeness (QED) is 0.119. The molecule has 0 nitrogen and oxygen atoms in total. The van der Waals surface area contributed by atoms with Crippen molar-refractivity contribution < 1.29 is 0 Å². The van der Waals surface area contributed by atoms with Gasteiger partial charge in [0.05, 0.1) is 0 Å². The van der Waals surface area contributed by atoms with Crippen molar-refractivity contribution >= 4 is 75.4 Å². The van der Waals surface area contributed by atoms with E-state index in [1.807, 2.05) is 0 Å². The Balaban J connectivity index is 1.04. The SMILES string of the molecule is c1ccc(-c2c3ccccc3c(-c3ccccc3)c3cc(-c4cc5cccc6cc7c8c(ccc4c8c56)-c4cc5c(-c6ccccc6)c6ccccc6c(-c6ccccc6)c5cc4-7)ccc23)cc1. The molecular formula is C68H40. The van der Waals surface area contributed by atoms with Crippen LogP contribution < -0.4 is 0 Å². The molecule has 0 aromatic heterocycles. The summed E-state index contributed by atoms with van der Waals surface area (Å²) in [6.45, 7) is 0. The molecule has 1 aliphatic rings. The molecule has 15 rings (SSSR count). The molecule has 0 saturated carbocycles. The first-order chi connectivity index (χ1) is 33.8. The van der Waals surface area contributed by atoms with E-state index in [4.69, 9.17) is 0 Å². The monoisotopic (exact) mass is 856 g/mol. The van der Waals surface area contributed by atoms with Crippen molar-refractivity contribution in [3.05, 3.63) is 243 Å². The minimum absolute atomic E-state index is 1.22. The standard InChI is InChI=1S/C68H40/c1-5-18-41(19-6-1)63-48-28-13-14-29-49(48)64(42-20-7-2-8-21-42)58-36-45(32-33-54(58)63)55-37-46-26-17-27-47-38-59-57-40-61-60(39-56(57)53-35-34-52(55)68(62(46)47)67(53)59)65(43-22-9-3-10-23-43)50-30-15-16-31-51(50)66(61)44-24-11-4-12-25-44/h1-40H. The molecule has 0 heteroatoms. The smallest absolute Gasteiger partial charge is 0.000807 e. The number of hydrogen-bond donors (Lipinski definition) is 0. The van der Waals surface area contributed by atoms with E-state index >= 15 is 0 Å². The molecule has 0 unspecified atom stereocenters. The van der Waals surface area contributed by atoms with Crippen LogP contribution in [0.4, 0.5) is 0 Å². The van der Waals surface area contributed by atoms with Gasteiger partial charge in [-0.15, -0.1) is 0 Å². The van der Waals surface area contributed by atoms with Crippen LogP contribution in [-0.4, -0.2) is 0 Å². The fraction of sp³-hybridized carbons (Fsp3) is 0. The van der Waals surface area contributed by atoms with Crippen molar-refractivity contribution in [2.45, 2.75) is 0 Å². The molecule has 312 valence electrons. The van der Waals surface area contributed by atoms with Gasteiger partial charge in [0.15, 0.2) is 0 Å². The van der Waals surface area contributed by atoms with Gasteiger partial charge in [0.25, 0.3) is 0 Å². The van der Waals surface area contributed by atoms with E-state index in [-0.39, 0.29) is 0 Å². The highest BCUT2D eigenvalue weighted by Gasteiger charge is 2.29. The summed E-state index contributed by atoms with van der Waals surface area (Å²) in [5, 5.41) is 18.1. The molecule has 14 aromatic carbocycles. The van der Waals surface area contributed by atoms with Gasteiger partial charge in [-0.3, -0.25) is 0 Å². The molecular weight excluding hydrogens is 817 g/mol. The van der Waals surface area contributed by atoms with E-state index in [0.29, 0.717) is 0 Å². The van der Waals surface area contributed by atoms with Crippen molar-refractivity contribution in [1.29, 1.82) is 0 Å². The normalized spacial score (nSPS) is 12.1. The average molecular weight is 857 g/mol. The predicted molar refractivity (Wildman–Crippen MR) is 292 cm³/mol. The lowest BCUT2D eigenvalue weighted by Gasteiger charge is -2.20. The second-order valence-electron chi connectivity index (χ2n) is 18.6. The lowest BCUT2D eigenvalue weighted by Crippen LogP contribution is -1.92. The maximum atomic E-state index is 2.53. The highest BCUT2D eigenvalue weighted by molar-refractivity contribution is 6.35. The summed E-state index contributed by atoms with van der Waals surface area (Å²) in [5.74, 6) is 0. The third-order valence-corrected chi connectivity index (χ3v) is 15.1. The molecule has 0 spiro atoms. The molecule has 0 fully saturated rings. The lowest BCUT2D eigenvalue weighted by atomic mass is 9.83. The fourth-order valence-electron chi connectivity index (χ4n) is 12.3. The topological polar surface area (TPSA) is 0 Å². The Labute approximate surface area is 394 Å². The van der Waals surface area contributed by atoms with Crippen LogP contribution in [0.15, 0.2) is 243 Å². The van der Waals surface area contributed by atoms with Crippen LogP contribution in [0.2, 0.25) is 0 Å². The van der Waals surface area contributed by atoms with Gasteiger partial charge in [-0.1, -0.05) is 212 Å². The summed E-state index contributed by atoms with van der Waals surface area (Å²) < 4.78 is 0. The molecule has 0 saturated heterocycles. The van der Waals surface area contributed by atoms with Gasteiger partial charge in [-0.05, 0) is 184 Å². The van der Waals surface area contributed by atoms with Crippen LogP contribution in [0.25, 0.3) is 153 Å². The van der Waals surface area contributed by atoms with E-state index in [1.165, 1.54) is 153 Å². The molecule has 0 atom stereocenters. The minimum Gasteiger partial charge on any atom is -0.0622 e. The second kappa shape index (κ2) is 14.3. The molecule has 0 bridgehead atoms. The van der Waals surface area contributed by atoms with Crippen LogP contribution >= 0.6 is 0 Å². The zero-order chi connectivity index (χ0) is 44.5. The van der Waals surface area contributed by atoms with Gasteiger partial charge in [0.2, 0.25) is 0 Å². The van der Waals surface area contributed by atoms with Gasteiger partial charge >= 0.3 is 0 Å². The van der Waals surface area contributed by atoms with E-state index in [2.05, 4.69) is 243 Å². The molecule has 1 aliphatic carbocycles. The van der Waals surface area contributed by atoms with E-state index in [0.717, 1.165) is 0 Å². The van der Waals surface area contributed by atoms with Gasteiger partial charge in [0, 0.05) is 0 Å². The van der Waals surface area contributed by atoms with Gasteiger partial charge < -0.3 is 0 Å². The summed E-state index contributed by atoms with van der Waals surface area (Å²) in [6.07, 6.45) is 0. The molecule has 68 heavy (non-hydrogen) atoms. The largest absolute Gasteiger partial charge is 0.0622 e. The highest BCUT2D eigenvalue weighted by atomic mass is 14.3. The van der Waals surface area contributed by atoms with Gasteiger partial charge in [-0.2, -0.15) is 0 Å². The first kappa shape index (κ1) is 37.4. The van der Waals surface area contributed by atoms with Crippen LogP contribution in [0.5, 0.6) is 0 Å². The third-order valence-electron chi connectivity index (χ3n) is 15.1. The van der Waals surface area contributed by atoms with Gasteiger partial charge in [0.1, 0.15) is 0 Å². The number of benzene rings is 14. The van der Waals surface area contributed by atoms with Crippen LogP contribution in [0, 0.1) is 0 Å². The maximum absolute atomic E-state index is 2.53. The van der Waals surface area contributed by atoms with Crippen molar-refractivity contribution in [1.82, 2.24) is 0 Å². The number of hydrogen-bond acceptors (Lipinski definition) is 0. The summed E-state index contributed by atoms with van der Waals surface area (Å²) in [4.78, 5) is 0. The van der Waals surface area contributed by atoms with Crippen LogP contribution in [0.3, 0.4) is 0 Å². The Bertz CT molecular complexity index is 4380. The minimum atomic E-state index is 1.22. The molecule has 0 radical (unpaired) electrons. The lowest BCUT2D eigenvalue weighted by molar-refractivity contribution is 1.64. The van der Waals surface area contributed by atoms with Crippen LogP contribution in [0.1, 0.15) is 0 Å². The summed E-state index contributed by atoms with van der Waals surface area (Å²) in [6, 6.07) is 90.8. The second-order valence-corrected chi connectivity index (χ2v) is 18.6. The van der Waals surface area contributed by atoms with E-state index < -0.39 is 0 Å². The molecule has 0 aliphatic heterocycles. The van der Waals surface area contributed by atoms with Crippen molar-refractivity contribution in [2.24, 2.45) is 0 Å². The Morgan fingerprint density at radius 3 is 1.03 bits per heavy atom. The van der Waals surface area contributed by atoms with Crippen LogP contribution in [-0.2, 0) is 0 Å². The summed E-state index contributed by atoms with van der Waals surface area (Å²) in [5.41, 5.74) is 17.8. The summed E-state index contributed by atoms with van der Waals surface area (Å²) in [7, 11) is 0. The van der Waals surface area contributed by atoms with Gasteiger partial charge in [-0.25, -0.2) is 0 Å². The van der Waals surface area contributed by atoms with Crippen molar-refractivity contribution in [2.75, 3.05) is 0 Å². The highest BCUT2D eigenvalue weighted by Crippen LogP contribution is 2.56. The Morgan fingerprint density at radius 2 is 0.544 bits per heavy atom. The molecule has 14 aromatic rings. The molecule has 0 N–H and O–H groups in total. The Morgan fingerprint density at radius 1 is 0.162 bits per heavy atom. The number of fused-ring (bicyclic) bond motifs is 7. The van der Waals surface area contributed by atoms with E-state index in [1.54, 1.807) is 0 Å². The van der Waals surface area contributed by atoms with Crippen molar-refractivity contribution in [3.8, 4) is 77.9 Å².